The number of halogens is 12. The van der Waals surface area contributed by atoms with Crippen molar-refractivity contribution in [2.24, 2.45) is 5.73 Å². The van der Waals surface area contributed by atoms with Crippen LogP contribution in [0, 0.1) is 0 Å². The zero-order chi connectivity index (χ0) is 68.2. The molecular formula is C72H78F12N6O4. The van der Waals surface area contributed by atoms with E-state index in [0.717, 1.165) is 82.0 Å². The molecule has 0 amide bonds. The van der Waals surface area contributed by atoms with Crippen LogP contribution in [-0.4, -0.2) is 108 Å². The van der Waals surface area contributed by atoms with Gasteiger partial charge in [-0.2, -0.15) is 52.7 Å². The third kappa shape index (κ3) is 23.4. The van der Waals surface area contributed by atoms with Gasteiger partial charge in [-0.25, -0.2) is 0 Å². The molecule has 12 rings (SSSR count). The molecule has 504 valence electrons. The van der Waals surface area contributed by atoms with Crippen LogP contribution in [-0.2, 0) is 49.1 Å². The number of fused-ring (bicyclic) bond motifs is 2. The summed E-state index contributed by atoms with van der Waals surface area (Å²) in [4.78, 5) is 27.2. The minimum absolute atomic E-state index is 0.0322. The van der Waals surface area contributed by atoms with Gasteiger partial charge in [-0.3, -0.25) is 24.3 Å². The average molecular weight is 1320 g/mol. The quantitative estimate of drug-likeness (QED) is 0.0629. The van der Waals surface area contributed by atoms with Crippen molar-refractivity contribution in [3.8, 4) is 0 Å². The van der Waals surface area contributed by atoms with Crippen molar-refractivity contribution in [3.05, 3.63) is 238 Å². The van der Waals surface area contributed by atoms with Crippen LogP contribution >= 0.6 is 0 Å². The lowest BCUT2D eigenvalue weighted by Crippen LogP contribution is -2.34. The molecule has 0 radical (unpaired) electrons. The minimum atomic E-state index is -4.38. The van der Waals surface area contributed by atoms with Gasteiger partial charge in [0.25, 0.3) is 0 Å². The number of hydrogen-bond acceptors (Lipinski definition) is 10. The van der Waals surface area contributed by atoms with Crippen molar-refractivity contribution in [1.82, 2.24) is 25.3 Å². The van der Waals surface area contributed by atoms with E-state index < -0.39 is 47.0 Å². The SMILES string of the molecule is C[C@@H](N)c1cccc2ccccc12.C[C@@H](NC1CCN(Cc2cccc(C(F)(F)F)c2)C1)c1cccc2ccccc12.O=C1CCN(Cc2cccc(C(F)(F)F)c2)C1.O=Cc1cccc(C(F)(F)F)c1.OC1CCN(Cc2cccc(C(F)(F)F)c2)C1.OC1CCNC1. The number of Topliss-reactive ketones (excluding diaryl/α,β-unsaturated/α-hetero) is 1. The largest absolute Gasteiger partial charge is 0.416 e. The molecule has 5 atom stereocenters. The standard InChI is InChI=1S/C24H25F3N2.C12H14F3NO.C12H12F3NO.C12H13N.C8H5F3O.C4H9NO/c1-17(22-11-5-8-19-7-2-3-10-23(19)22)28-21-12-13-29(16-21)15-18-6-4-9-20(14-18)24(25,26)27;2*13-12(14,15)10-3-1-2-9(6-10)7-16-5-4-11(17)8-16;1-9(13)11-8-4-6-10-5-2-3-7-12(10)11;9-8(10,11)7-3-1-2-6(4-7)5-12;6-4-1-2-5-3-4/h2-11,14,17,21,28H,12-13,15-16H2,1H3;1-3,6,11,17H,4-5,7-8H2;1-3,6H,4-5,7-8H2;2-9H,13H2,1H3;1-5H;4-6H,1-3H2/t17-,21?;;;9-;;/m1..1../s1. The first-order chi connectivity index (χ1) is 44.5. The fourth-order valence-electron chi connectivity index (χ4n) is 11.4. The fourth-order valence-corrected chi connectivity index (χ4v) is 11.4. The highest BCUT2D eigenvalue weighted by Crippen LogP contribution is 2.34. The molecule has 8 aromatic carbocycles. The lowest BCUT2D eigenvalue weighted by molar-refractivity contribution is -0.138. The van der Waals surface area contributed by atoms with Gasteiger partial charge in [0.2, 0.25) is 0 Å². The Hall–Kier alpha value is -7.54. The number of nitrogens with zero attached hydrogens (tertiary/aromatic N) is 3. The molecule has 4 aliphatic rings. The van der Waals surface area contributed by atoms with Gasteiger partial charge in [-0.05, 0) is 119 Å². The van der Waals surface area contributed by atoms with E-state index in [-0.39, 0.29) is 35.6 Å². The molecule has 4 saturated heterocycles. The first kappa shape index (κ1) is 73.9. The second-order valence-corrected chi connectivity index (χ2v) is 23.7. The summed E-state index contributed by atoms with van der Waals surface area (Å²) < 4.78 is 150. The highest BCUT2D eigenvalue weighted by atomic mass is 19.4. The summed E-state index contributed by atoms with van der Waals surface area (Å²) in [7, 11) is 0. The fraction of sp³-hybridized carbons (Fsp3) is 0.361. The molecule has 4 fully saturated rings. The smallest absolute Gasteiger partial charge is 0.392 e. The Labute approximate surface area is 539 Å². The van der Waals surface area contributed by atoms with Crippen molar-refractivity contribution in [2.45, 2.75) is 114 Å². The summed E-state index contributed by atoms with van der Waals surface area (Å²) in [5, 5.41) is 29.8. The number of carbonyl (C=O) groups excluding carboxylic acids is 2. The Morgan fingerprint density at radius 2 is 0.957 bits per heavy atom. The Kier molecular flexibility index (Phi) is 26.9. The Balaban J connectivity index is 0.000000168. The summed E-state index contributed by atoms with van der Waals surface area (Å²) in [5.74, 6) is 0.150. The van der Waals surface area contributed by atoms with Crippen LogP contribution in [0.3, 0.4) is 0 Å². The van der Waals surface area contributed by atoms with Crippen molar-refractivity contribution >= 4 is 33.6 Å². The zero-order valence-corrected chi connectivity index (χ0v) is 52.1. The second-order valence-electron chi connectivity index (χ2n) is 23.7. The number of likely N-dealkylation sites (tertiary alicyclic amines) is 3. The number of benzene rings is 8. The van der Waals surface area contributed by atoms with Gasteiger partial charge in [-0.15, -0.1) is 0 Å². The Bertz CT molecular complexity index is 3680. The molecule has 0 aliphatic carbocycles. The lowest BCUT2D eigenvalue weighted by atomic mass is 9.99. The van der Waals surface area contributed by atoms with Crippen LogP contribution in [0.5, 0.6) is 0 Å². The van der Waals surface area contributed by atoms with E-state index in [2.05, 4.69) is 89.2 Å². The van der Waals surface area contributed by atoms with E-state index in [4.69, 9.17) is 10.8 Å². The number of nitrogens with one attached hydrogen (secondary N) is 2. The molecule has 94 heavy (non-hydrogen) atoms. The van der Waals surface area contributed by atoms with E-state index in [1.807, 2.05) is 34.9 Å². The molecular weight excluding hydrogens is 1240 g/mol. The van der Waals surface area contributed by atoms with Gasteiger partial charge in [0.05, 0.1) is 41.0 Å². The number of ketones is 1. The Morgan fingerprint density at radius 1 is 0.521 bits per heavy atom. The number of aldehydes is 1. The molecule has 0 saturated carbocycles. The molecule has 0 spiro atoms. The number of β-amino-alcohol motifs (C(OH)–C–C–N with tert-alkyl or cyclic N) is 2. The summed E-state index contributed by atoms with van der Waals surface area (Å²) in [5.41, 5.74) is 7.72. The van der Waals surface area contributed by atoms with Crippen molar-refractivity contribution < 1.29 is 72.5 Å². The number of hydrogen-bond donors (Lipinski definition) is 5. The topological polar surface area (TPSA) is 134 Å². The Morgan fingerprint density at radius 3 is 1.38 bits per heavy atom. The van der Waals surface area contributed by atoms with E-state index in [9.17, 15) is 67.4 Å². The molecule has 6 N–H and O–H groups in total. The van der Waals surface area contributed by atoms with E-state index in [0.29, 0.717) is 81.1 Å². The molecule has 10 nitrogen and oxygen atoms in total. The predicted octanol–water partition coefficient (Wildman–Crippen LogP) is 15.3. The molecule has 3 unspecified atom stereocenters. The van der Waals surface area contributed by atoms with E-state index >= 15 is 0 Å². The molecule has 4 aliphatic heterocycles. The van der Waals surface area contributed by atoms with Gasteiger partial charge in [0, 0.05) is 89.0 Å². The molecule has 22 heteroatoms. The number of aliphatic hydroxyl groups is 2. The van der Waals surface area contributed by atoms with Crippen LogP contribution < -0.4 is 16.4 Å². The third-order valence-electron chi connectivity index (χ3n) is 16.1. The highest BCUT2D eigenvalue weighted by molar-refractivity contribution is 5.87. The second kappa shape index (κ2) is 34.2. The van der Waals surface area contributed by atoms with Gasteiger partial charge >= 0.3 is 24.7 Å². The molecule has 8 aromatic rings. The van der Waals surface area contributed by atoms with E-state index in [1.54, 1.807) is 18.2 Å². The number of carbonyl (C=O) groups is 2. The van der Waals surface area contributed by atoms with Crippen LogP contribution in [0.15, 0.2) is 182 Å². The minimum Gasteiger partial charge on any atom is -0.392 e. The van der Waals surface area contributed by atoms with Crippen LogP contribution in [0.4, 0.5) is 52.7 Å². The maximum Gasteiger partial charge on any atom is 0.416 e. The van der Waals surface area contributed by atoms with Crippen molar-refractivity contribution in [3.63, 3.8) is 0 Å². The number of aliphatic hydroxyl groups excluding tert-OH is 2. The van der Waals surface area contributed by atoms with Crippen LogP contribution in [0.25, 0.3) is 21.5 Å². The van der Waals surface area contributed by atoms with Crippen LogP contribution in [0.2, 0.25) is 0 Å². The zero-order valence-electron chi connectivity index (χ0n) is 52.1. The highest BCUT2D eigenvalue weighted by Gasteiger charge is 2.34. The molecule has 4 heterocycles. The number of alkyl halides is 12. The van der Waals surface area contributed by atoms with Crippen molar-refractivity contribution in [2.75, 3.05) is 52.4 Å². The van der Waals surface area contributed by atoms with Gasteiger partial charge in [0.1, 0.15) is 12.1 Å². The first-order valence-electron chi connectivity index (χ1n) is 30.9. The number of rotatable bonds is 11. The third-order valence-corrected chi connectivity index (χ3v) is 16.1. The maximum absolute atomic E-state index is 12.9. The van der Waals surface area contributed by atoms with Crippen molar-refractivity contribution in [1.29, 1.82) is 0 Å². The van der Waals surface area contributed by atoms with Gasteiger partial charge < -0.3 is 26.6 Å². The lowest BCUT2D eigenvalue weighted by Gasteiger charge is -2.22. The average Bonchev–Trinajstić information content (AvgIpc) is 1.29. The van der Waals surface area contributed by atoms with Crippen LogP contribution in [0.1, 0.15) is 112 Å². The molecule has 0 bridgehead atoms. The van der Waals surface area contributed by atoms with E-state index in [1.165, 1.54) is 75.1 Å². The monoisotopic (exact) mass is 1320 g/mol. The van der Waals surface area contributed by atoms with Gasteiger partial charge in [-0.1, -0.05) is 152 Å². The predicted molar refractivity (Wildman–Crippen MR) is 341 cm³/mol. The molecule has 0 aromatic heterocycles. The maximum atomic E-state index is 12.9. The summed E-state index contributed by atoms with van der Waals surface area (Å²) >= 11 is 0. The number of nitrogens with two attached hydrogens (primary N) is 1. The summed E-state index contributed by atoms with van der Waals surface area (Å²) in [6, 6.07) is 50.5. The van der Waals surface area contributed by atoms with Gasteiger partial charge in [0.15, 0.2) is 0 Å². The first-order valence-corrected chi connectivity index (χ1v) is 30.9. The summed E-state index contributed by atoms with van der Waals surface area (Å²) in [6.07, 6.45) is -14.2. The normalized spacial score (nSPS) is 18.5. The summed E-state index contributed by atoms with van der Waals surface area (Å²) in [6.45, 7) is 11.3.